The highest BCUT2D eigenvalue weighted by Crippen LogP contribution is 2.31. The molecule has 40 heavy (non-hydrogen) atoms. The summed E-state index contributed by atoms with van der Waals surface area (Å²) >= 11 is 25.2. The number of carbonyl (C=O) groups excluding carboxylic acids is 2. The average molecular weight is 645 g/mol. The zero-order valence-corrected chi connectivity index (χ0v) is 25.8. The molecule has 0 saturated carbocycles. The molecule has 12 heteroatoms. The Bertz CT molecular complexity index is 1430. The molecule has 0 aliphatic heterocycles. The van der Waals surface area contributed by atoms with E-state index in [0.717, 1.165) is 16.1 Å². The van der Waals surface area contributed by atoms with E-state index in [-0.39, 0.29) is 54.9 Å². The van der Waals surface area contributed by atoms with Gasteiger partial charge in [-0.05, 0) is 42.3 Å². The van der Waals surface area contributed by atoms with Gasteiger partial charge in [-0.3, -0.25) is 13.9 Å². The fourth-order valence-electron chi connectivity index (χ4n) is 4.23. The van der Waals surface area contributed by atoms with Crippen LogP contribution < -0.4 is 9.62 Å². The van der Waals surface area contributed by atoms with Crippen molar-refractivity contribution in [3.05, 3.63) is 97.9 Å². The number of nitrogens with zero attached hydrogens (tertiary/aromatic N) is 2. The first-order valence-corrected chi connectivity index (χ1v) is 15.7. The van der Waals surface area contributed by atoms with Crippen molar-refractivity contribution in [1.29, 1.82) is 0 Å². The number of nitrogens with one attached hydrogen (secondary N) is 1. The Balaban J connectivity index is 1.91. The van der Waals surface area contributed by atoms with E-state index in [1.54, 1.807) is 24.3 Å². The molecular weight excluding hydrogens is 616 g/mol. The van der Waals surface area contributed by atoms with Crippen LogP contribution in [0.4, 0.5) is 5.69 Å². The molecule has 1 unspecified atom stereocenters. The van der Waals surface area contributed by atoms with Crippen LogP contribution in [0.3, 0.4) is 0 Å². The second-order valence-corrected chi connectivity index (χ2v) is 12.6. The van der Waals surface area contributed by atoms with Crippen LogP contribution in [0.5, 0.6) is 0 Å². The molecular formula is C28H29Cl4N3O4S. The van der Waals surface area contributed by atoms with Crippen molar-refractivity contribution < 1.29 is 18.0 Å². The van der Waals surface area contributed by atoms with Crippen LogP contribution in [0.2, 0.25) is 20.1 Å². The predicted molar refractivity (Wildman–Crippen MR) is 163 cm³/mol. The number of sulfonamides is 1. The number of amides is 2. The molecule has 0 spiro atoms. The van der Waals surface area contributed by atoms with Crippen LogP contribution in [-0.4, -0.2) is 51.0 Å². The third-order valence-corrected chi connectivity index (χ3v) is 8.68. The smallest absolute Gasteiger partial charge is 0.242 e. The second-order valence-electron chi connectivity index (χ2n) is 9.08. The van der Waals surface area contributed by atoms with Gasteiger partial charge in [0, 0.05) is 53.6 Å². The number of carbonyl (C=O) groups is 2. The van der Waals surface area contributed by atoms with Gasteiger partial charge in [0.05, 0.1) is 17.0 Å². The first-order valence-electron chi connectivity index (χ1n) is 12.3. The van der Waals surface area contributed by atoms with E-state index in [1.807, 2.05) is 30.3 Å². The van der Waals surface area contributed by atoms with E-state index < -0.39 is 16.1 Å². The second kappa shape index (κ2) is 14.4. The van der Waals surface area contributed by atoms with Crippen LogP contribution in [0.25, 0.3) is 0 Å². The Labute approximate surface area is 255 Å². The zero-order valence-electron chi connectivity index (χ0n) is 21.9. The highest BCUT2D eigenvalue weighted by atomic mass is 35.5. The normalized spacial score (nSPS) is 12.1. The molecule has 2 amide bonds. The molecule has 0 aromatic heterocycles. The monoisotopic (exact) mass is 643 g/mol. The van der Waals surface area contributed by atoms with Gasteiger partial charge in [0.2, 0.25) is 21.8 Å². The molecule has 3 rings (SSSR count). The summed E-state index contributed by atoms with van der Waals surface area (Å²) in [7, 11) is -2.24. The summed E-state index contributed by atoms with van der Waals surface area (Å²) in [6.07, 6.45) is 1.39. The van der Waals surface area contributed by atoms with Gasteiger partial charge in [-0.15, -0.1) is 0 Å². The van der Waals surface area contributed by atoms with E-state index in [4.69, 9.17) is 46.4 Å². The fourth-order valence-corrected chi connectivity index (χ4v) is 6.16. The van der Waals surface area contributed by atoms with E-state index >= 15 is 0 Å². The maximum atomic E-state index is 13.8. The van der Waals surface area contributed by atoms with Crippen LogP contribution >= 0.6 is 46.4 Å². The predicted octanol–water partition coefficient (Wildman–Crippen LogP) is 6.23. The van der Waals surface area contributed by atoms with Gasteiger partial charge in [0.1, 0.15) is 6.04 Å². The molecule has 7 nitrogen and oxygen atoms in total. The van der Waals surface area contributed by atoms with E-state index in [9.17, 15) is 18.0 Å². The summed E-state index contributed by atoms with van der Waals surface area (Å²) in [5.41, 5.74) is 1.58. The third-order valence-electron chi connectivity index (χ3n) is 6.24. The molecule has 0 aliphatic carbocycles. The molecule has 0 fully saturated rings. The van der Waals surface area contributed by atoms with Crippen molar-refractivity contribution >= 4 is 73.9 Å². The number of anilines is 1. The van der Waals surface area contributed by atoms with Crippen molar-refractivity contribution in [2.75, 3.05) is 24.2 Å². The number of rotatable bonds is 12. The average Bonchev–Trinajstić information content (AvgIpc) is 2.91. The van der Waals surface area contributed by atoms with Gasteiger partial charge in [-0.1, -0.05) is 82.8 Å². The quantitative estimate of drug-likeness (QED) is 0.253. The number of hydrogen-bond acceptors (Lipinski definition) is 4. The lowest BCUT2D eigenvalue weighted by Gasteiger charge is -2.32. The zero-order chi connectivity index (χ0) is 29.4. The van der Waals surface area contributed by atoms with Gasteiger partial charge in [-0.2, -0.15) is 0 Å². The van der Waals surface area contributed by atoms with Crippen molar-refractivity contribution in [1.82, 2.24) is 10.2 Å². The number of benzene rings is 3. The first-order chi connectivity index (χ1) is 18.9. The van der Waals surface area contributed by atoms with Crippen molar-refractivity contribution in [2.24, 2.45) is 0 Å². The molecule has 3 aromatic carbocycles. The molecule has 0 saturated heterocycles. The van der Waals surface area contributed by atoms with E-state index in [0.29, 0.717) is 20.6 Å². The van der Waals surface area contributed by atoms with E-state index in [2.05, 4.69) is 5.32 Å². The maximum Gasteiger partial charge on any atom is 0.242 e. The number of hydrogen-bond donors (Lipinski definition) is 1. The van der Waals surface area contributed by atoms with Gasteiger partial charge < -0.3 is 10.2 Å². The lowest BCUT2D eigenvalue weighted by Crippen LogP contribution is -2.50. The van der Waals surface area contributed by atoms with Gasteiger partial charge in [-0.25, -0.2) is 8.42 Å². The number of halogens is 4. The molecule has 3 aromatic rings. The van der Waals surface area contributed by atoms with Crippen LogP contribution in [0, 0.1) is 0 Å². The minimum atomic E-state index is -3.74. The minimum absolute atomic E-state index is 0.0157. The third kappa shape index (κ3) is 8.51. The highest BCUT2D eigenvalue weighted by Gasteiger charge is 2.31. The Hall–Kier alpha value is -2.49. The lowest BCUT2D eigenvalue weighted by atomic mass is 10.0. The van der Waals surface area contributed by atoms with Gasteiger partial charge >= 0.3 is 0 Å². The molecule has 214 valence electrons. The Kier molecular flexibility index (Phi) is 11.5. The maximum absolute atomic E-state index is 13.8. The minimum Gasteiger partial charge on any atom is -0.357 e. The Morgan fingerprint density at radius 2 is 1.55 bits per heavy atom. The van der Waals surface area contributed by atoms with Crippen molar-refractivity contribution in [3.63, 3.8) is 0 Å². The Morgan fingerprint density at radius 3 is 2.15 bits per heavy atom. The largest absolute Gasteiger partial charge is 0.357 e. The van der Waals surface area contributed by atoms with Crippen LogP contribution in [0.1, 0.15) is 24.0 Å². The van der Waals surface area contributed by atoms with Crippen molar-refractivity contribution in [3.8, 4) is 0 Å². The fraction of sp³-hybridized carbons (Fsp3) is 0.286. The molecule has 1 N–H and O–H groups in total. The van der Waals surface area contributed by atoms with Crippen LogP contribution in [0.15, 0.2) is 66.7 Å². The van der Waals surface area contributed by atoms with E-state index in [1.165, 1.54) is 24.1 Å². The van der Waals surface area contributed by atoms with Crippen LogP contribution in [-0.2, 0) is 32.6 Å². The standard InChI is InChI=1S/C28H29Cl4N3O4S/c1-33-28(37)26(16-19-8-4-3-5-9-19)34(18-21-22(30)10-6-11-23(21)31)27(36)12-7-15-35(40(2,38)39)25-17-20(29)13-14-24(25)32/h3-6,8-11,13-14,17,26H,7,12,15-16,18H2,1-2H3,(H,33,37). The Morgan fingerprint density at radius 1 is 0.900 bits per heavy atom. The summed E-state index contributed by atoms with van der Waals surface area (Å²) in [6, 6.07) is 18.0. The lowest BCUT2D eigenvalue weighted by molar-refractivity contribution is -0.141. The molecule has 0 bridgehead atoms. The summed E-state index contributed by atoms with van der Waals surface area (Å²) in [5, 5.41) is 3.90. The first kappa shape index (κ1) is 32.0. The molecule has 0 radical (unpaired) electrons. The molecule has 0 aliphatic rings. The summed E-state index contributed by atoms with van der Waals surface area (Å²) in [6.45, 7) is -0.0488. The summed E-state index contributed by atoms with van der Waals surface area (Å²) in [4.78, 5) is 28.3. The van der Waals surface area contributed by atoms with Gasteiger partial charge in [0.15, 0.2) is 0 Å². The summed E-state index contributed by atoms with van der Waals surface area (Å²) in [5.74, 6) is -0.727. The highest BCUT2D eigenvalue weighted by molar-refractivity contribution is 7.92. The molecule has 1 atom stereocenters. The topological polar surface area (TPSA) is 86.8 Å². The van der Waals surface area contributed by atoms with Crippen molar-refractivity contribution in [2.45, 2.75) is 31.8 Å². The number of likely N-dealkylation sites (N-methyl/N-ethyl adjacent to an activating group) is 1. The SMILES string of the molecule is CNC(=O)C(Cc1ccccc1)N(Cc1c(Cl)cccc1Cl)C(=O)CCCN(c1cc(Cl)ccc1Cl)S(C)(=O)=O. The summed E-state index contributed by atoms with van der Waals surface area (Å²) < 4.78 is 26.3. The molecule has 0 heterocycles. The van der Waals surface area contributed by atoms with Gasteiger partial charge in [0.25, 0.3) is 0 Å².